The summed E-state index contributed by atoms with van der Waals surface area (Å²) in [5.41, 5.74) is -3.58. The average molecular weight is 257 g/mol. The predicted octanol–water partition coefficient (Wildman–Crippen LogP) is 2.58. The molecule has 0 radical (unpaired) electrons. The standard InChI is InChI=1S/C10H6F3N3O2/c11-10(12,13)8-7(15-18)9(17)16(14-8)6-4-2-1-3-5-6/h1-5,14H. The second-order valence-electron chi connectivity index (χ2n) is 3.40. The van der Waals surface area contributed by atoms with Crippen molar-refractivity contribution in [1.29, 1.82) is 0 Å². The van der Waals surface area contributed by atoms with Crippen LogP contribution in [0.3, 0.4) is 0 Å². The Morgan fingerprint density at radius 1 is 1.17 bits per heavy atom. The third kappa shape index (κ3) is 1.92. The zero-order valence-electron chi connectivity index (χ0n) is 8.73. The molecule has 0 atom stereocenters. The minimum absolute atomic E-state index is 0.183. The maximum Gasteiger partial charge on any atom is 0.435 e. The summed E-state index contributed by atoms with van der Waals surface area (Å²) < 4.78 is 38.3. The number of halogens is 3. The van der Waals surface area contributed by atoms with E-state index in [-0.39, 0.29) is 5.69 Å². The molecule has 2 aromatic rings. The highest BCUT2D eigenvalue weighted by molar-refractivity contribution is 5.45. The topological polar surface area (TPSA) is 67.2 Å². The van der Waals surface area contributed by atoms with Crippen molar-refractivity contribution >= 4 is 5.69 Å². The lowest BCUT2D eigenvalue weighted by molar-refractivity contribution is -0.140. The second-order valence-corrected chi connectivity index (χ2v) is 3.40. The molecular formula is C10H6F3N3O2. The minimum atomic E-state index is -4.84. The molecule has 1 heterocycles. The molecule has 0 spiro atoms. The van der Waals surface area contributed by atoms with Crippen LogP contribution in [-0.2, 0) is 6.18 Å². The lowest BCUT2D eigenvalue weighted by atomic mass is 10.3. The Labute approximate surface area is 97.8 Å². The number of rotatable bonds is 2. The van der Waals surface area contributed by atoms with Crippen LogP contribution >= 0.6 is 0 Å². The quantitative estimate of drug-likeness (QED) is 0.840. The number of nitrogens with one attached hydrogen (secondary N) is 1. The van der Waals surface area contributed by atoms with Crippen LogP contribution in [0, 0.1) is 4.91 Å². The Morgan fingerprint density at radius 2 is 1.78 bits per heavy atom. The van der Waals surface area contributed by atoms with Crippen molar-refractivity contribution in [3.8, 4) is 5.69 Å². The molecule has 1 aromatic carbocycles. The molecule has 0 aliphatic carbocycles. The normalized spacial score (nSPS) is 11.5. The van der Waals surface area contributed by atoms with Crippen LogP contribution in [0.4, 0.5) is 18.9 Å². The van der Waals surface area contributed by atoms with Crippen LogP contribution in [0.15, 0.2) is 40.3 Å². The Balaban J connectivity index is 2.69. The van der Waals surface area contributed by atoms with Crippen LogP contribution in [0.2, 0.25) is 0 Å². The average Bonchev–Trinajstić information content (AvgIpc) is 2.67. The van der Waals surface area contributed by atoms with Gasteiger partial charge in [0.25, 0.3) is 0 Å². The van der Waals surface area contributed by atoms with E-state index in [1.165, 1.54) is 12.1 Å². The molecule has 8 heteroatoms. The molecule has 18 heavy (non-hydrogen) atoms. The summed E-state index contributed by atoms with van der Waals surface area (Å²) in [4.78, 5) is 22.0. The van der Waals surface area contributed by atoms with Gasteiger partial charge in [-0.25, -0.2) is 4.68 Å². The Kier molecular flexibility index (Phi) is 2.77. The van der Waals surface area contributed by atoms with Crippen LogP contribution in [0.5, 0.6) is 0 Å². The third-order valence-electron chi connectivity index (χ3n) is 2.26. The van der Waals surface area contributed by atoms with E-state index in [0.717, 1.165) is 0 Å². The summed E-state index contributed by atoms with van der Waals surface area (Å²) in [5.74, 6) is 0. The van der Waals surface area contributed by atoms with Gasteiger partial charge in [0, 0.05) is 0 Å². The second kappa shape index (κ2) is 4.13. The van der Waals surface area contributed by atoms with E-state index in [9.17, 15) is 22.9 Å². The SMILES string of the molecule is O=Nc1c(C(F)(F)F)[nH]n(-c2ccccc2)c1=O. The maximum atomic E-state index is 12.6. The molecule has 0 fully saturated rings. The maximum absolute atomic E-state index is 12.6. The van der Waals surface area contributed by atoms with Gasteiger partial charge in [0.2, 0.25) is 5.69 Å². The Hall–Kier alpha value is -2.38. The third-order valence-corrected chi connectivity index (χ3v) is 2.26. The van der Waals surface area contributed by atoms with Crippen molar-refractivity contribution in [3.05, 3.63) is 51.3 Å². The molecule has 2 rings (SSSR count). The summed E-state index contributed by atoms with van der Waals surface area (Å²) in [6, 6.07) is 7.58. The first-order valence-corrected chi connectivity index (χ1v) is 4.76. The molecule has 0 saturated heterocycles. The van der Waals surface area contributed by atoms with Gasteiger partial charge in [-0.3, -0.25) is 9.89 Å². The van der Waals surface area contributed by atoms with Gasteiger partial charge in [-0.2, -0.15) is 13.2 Å². The fourth-order valence-electron chi connectivity index (χ4n) is 1.47. The summed E-state index contributed by atoms with van der Waals surface area (Å²) in [5, 5.41) is 3.99. The predicted molar refractivity (Wildman–Crippen MR) is 56.8 cm³/mol. The number of aromatic amines is 1. The summed E-state index contributed by atoms with van der Waals surface area (Å²) in [6.45, 7) is 0. The van der Waals surface area contributed by atoms with Crippen molar-refractivity contribution in [2.24, 2.45) is 5.18 Å². The number of aromatic nitrogens is 2. The van der Waals surface area contributed by atoms with Crippen molar-refractivity contribution < 1.29 is 13.2 Å². The molecule has 0 amide bonds. The van der Waals surface area contributed by atoms with E-state index in [0.29, 0.717) is 4.68 Å². The first-order chi connectivity index (χ1) is 8.45. The van der Waals surface area contributed by atoms with Gasteiger partial charge in [0.1, 0.15) is 0 Å². The molecular weight excluding hydrogens is 251 g/mol. The van der Waals surface area contributed by atoms with E-state index in [1.807, 2.05) is 5.10 Å². The number of benzene rings is 1. The lowest BCUT2D eigenvalue weighted by Crippen LogP contribution is -2.13. The first kappa shape index (κ1) is 12.1. The molecule has 1 N–H and O–H groups in total. The fourth-order valence-corrected chi connectivity index (χ4v) is 1.47. The molecule has 0 aliphatic rings. The van der Waals surface area contributed by atoms with Crippen molar-refractivity contribution in [2.75, 3.05) is 0 Å². The number of nitroso groups, excluding NO2 is 1. The van der Waals surface area contributed by atoms with Crippen molar-refractivity contribution in [1.82, 2.24) is 9.78 Å². The van der Waals surface area contributed by atoms with Crippen molar-refractivity contribution in [2.45, 2.75) is 6.18 Å². The molecule has 0 aliphatic heterocycles. The summed E-state index contributed by atoms with van der Waals surface area (Å²) in [7, 11) is 0. The number of H-pyrrole nitrogens is 1. The summed E-state index contributed by atoms with van der Waals surface area (Å²) in [6.07, 6.45) is -4.84. The number of hydrogen-bond donors (Lipinski definition) is 1. The van der Waals surface area contributed by atoms with Crippen LogP contribution in [-0.4, -0.2) is 9.78 Å². The zero-order valence-corrected chi connectivity index (χ0v) is 8.73. The van der Waals surface area contributed by atoms with Crippen LogP contribution < -0.4 is 5.56 Å². The summed E-state index contributed by atoms with van der Waals surface area (Å²) >= 11 is 0. The van der Waals surface area contributed by atoms with E-state index >= 15 is 0 Å². The molecule has 0 unspecified atom stereocenters. The van der Waals surface area contributed by atoms with E-state index < -0.39 is 23.1 Å². The smallest absolute Gasteiger partial charge is 0.284 e. The van der Waals surface area contributed by atoms with E-state index in [4.69, 9.17) is 0 Å². The van der Waals surface area contributed by atoms with E-state index in [2.05, 4.69) is 5.18 Å². The Bertz CT molecular complexity index is 628. The van der Waals surface area contributed by atoms with Gasteiger partial charge in [0.15, 0.2) is 5.69 Å². The Morgan fingerprint density at radius 3 is 2.22 bits per heavy atom. The molecule has 94 valence electrons. The highest BCUT2D eigenvalue weighted by Crippen LogP contribution is 2.33. The first-order valence-electron chi connectivity index (χ1n) is 4.76. The largest absolute Gasteiger partial charge is 0.435 e. The van der Waals surface area contributed by atoms with Gasteiger partial charge in [-0.15, -0.1) is 4.91 Å². The van der Waals surface area contributed by atoms with Crippen molar-refractivity contribution in [3.63, 3.8) is 0 Å². The van der Waals surface area contributed by atoms with Gasteiger partial charge in [0.05, 0.1) is 5.69 Å². The highest BCUT2D eigenvalue weighted by atomic mass is 19.4. The van der Waals surface area contributed by atoms with Gasteiger partial charge in [-0.1, -0.05) is 18.2 Å². The number of hydrogen-bond acceptors (Lipinski definition) is 3. The number of para-hydroxylation sites is 1. The molecule has 1 aromatic heterocycles. The van der Waals surface area contributed by atoms with E-state index in [1.54, 1.807) is 18.2 Å². The molecule has 0 bridgehead atoms. The van der Waals surface area contributed by atoms with Crippen LogP contribution in [0.1, 0.15) is 5.69 Å². The highest BCUT2D eigenvalue weighted by Gasteiger charge is 2.39. The zero-order chi connectivity index (χ0) is 13.3. The minimum Gasteiger partial charge on any atom is -0.284 e. The molecule has 0 saturated carbocycles. The lowest BCUT2D eigenvalue weighted by Gasteiger charge is -2.03. The fraction of sp³-hybridized carbons (Fsp3) is 0.100. The number of alkyl halides is 3. The monoisotopic (exact) mass is 257 g/mol. The molecule has 5 nitrogen and oxygen atoms in total. The van der Waals surface area contributed by atoms with Gasteiger partial charge < -0.3 is 0 Å². The van der Waals surface area contributed by atoms with Gasteiger partial charge in [-0.05, 0) is 17.3 Å². The van der Waals surface area contributed by atoms with Crippen LogP contribution in [0.25, 0.3) is 5.69 Å². The number of nitrogens with zero attached hydrogens (tertiary/aromatic N) is 2. The van der Waals surface area contributed by atoms with Gasteiger partial charge >= 0.3 is 11.7 Å².